The van der Waals surface area contributed by atoms with Crippen molar-refractivity contribution < 1.29 is 9.53 Å². The van der Waals surface area contributed by atoms with Gasteiger partial charge in [0.15, 0.2) is 5.13 Å². The van der Waals surface area contributed by atoms with Crippen LogP contribution in [-0.4, -0.2) is 28.7 Å². The maximum Gasteiger partial charge on any atom is 0.229 e. The van der Waals surface area contributed by atoms with Crippen LogP contribution in [0.2, 0.25) is 5.02 Å². The van der Waals surface area contributed by atoms with Crippen molar-refractivity contribution >= 4 is 56.0 Å². The van der Waals surface area contributed by atoms with E-state index >= 15 is 0 Å². The number of hydrogen-bond donors (Lipinski definition) is 0. The highest BCUT2D eigenvalue weighted by Gasteiger charge is 2.21. The van der Waals surface area contributed by atoms with E-state index in [1.54, 1.807) is 30.0 Å². The van der Waals surface area contributed by atoms with Crippen LogP contribution in [0.4, 0.5) is 5.13 Å². The minimum atomic E-state index is 0.0313. The average Bonchev–Trinajstić information content (AvgIpc) is 3.30. The van der Waals surface area contributed by atoms with Crippen LogP contribution in [-0.2, 0) is 11.3 Å². The second-order valence-electron chi connectivity index (χ2n) is 7.47. The summed E-state index contributed by atoms with van der Waals surface area (Å²) in [4.78, 5) is 25.4. The van der Waals surface area contributed by atoms with Crippen LogP contribution in [0.15, 0.2) is 65.7 Å². The second kappa shape index (κ2) is 11.0. The summed E-state index contributed by atoms with van der Waals surface area (Å²) in [7, 11) is 1.66. The van der Waals surface area contributed by atoms with Gasteiger partial charge in [-0.15, -0.1) is 11.8 Å². The van der Waals surface area contributed by atoms with Crippen LogP contribution in [0, 0.1) is 6.92 Å². The number of thiazole rings is 1. The third-order valence-corrected chi connectivity index (χ3v) is 7.76. The molecule has 2 aromatic carbocycles. The summed E-state index contributed by atoms with van der Waals surface area (Å²) >= 11 is 9.59. The molecule has 0 saturated heterocycles. The molecule has 0 atom stereocenters. The quantitative estimate of drug-likeness (QED) is 0.189. The monoisotopic (exact) mass is 497 g/mol. The summed E-state index contributed by atoms with van der Waals surface area (Å²) in [5.41, 5.74) is 2.70. The van der Waals surface area contributed by atoms with E-state index in [0.29, 0.717) is 23.1 Å². The molecule has 2 aromatic heterocycles. The van der Waals surface area contributed by atoms with E-state index in [9.17, 15) is 4.79 Å². The number of carbonyl (C=O) groups is 1. The highest BCUT2D eigenvalue weighted by Crippen LogP contribution is 2.36. The first kappa shape index (κ1) is 23.5. The Kier molecular flexibility index (Phi) is 7.85. The number of amides is 1. The zero-order chi connectivity index (χ0) is 23.2. The summed E-state index contributed by atoms with van der Waals surface area (Å²) in [6.07, 6.45) is 2.93. The van der Waals surface area contributed by atoms with Crippen molar-refractivity contribution in [1.82, 2.24) is 9.97 Å². The van der Waals surface area contributed by atoms with E-state index in [2.05, 4.69) is 4.98 Å². The number of aromatic nitrogens is 2. The SMILES string of the molecule is COc1ccc(SCCCC(=O)N(Cc2ccccn2)c2nc3c(C)ccc(Cl)c3s2)cc1. The fourth-order valence-electron chi connectivity index (χ4n) is 3.34. The lowest BCUT2D eigenvalue weighted by atomic mass is 10.2. The van der Waals surface area contributed by atoms with Gasteiger partial charge in [-0.3, -0.25) is 14.7 Å². The first-order valence-corrected chi connectivity index (χ1v) is 12.8. The number of rotatable bonds is 9. The lowest BCUT2D eigenvalue weighted by Gasteiger charge is -2.19. The Labute approximate surface area is 206 Å². The predicted octanol–water partition coefficient (Wildman–Crippen LogP) is 6.77. The Balaban J connectivity index is 1.47. The minimum Gasteiger partial charge on any atom is -0.497 e. The Hall–Kier alpha value is -2.61. The van der Waals surface area contributed by atoms with Gasteiger partial charge in [0.25, 0.3) is 0 Å². The van der Waals surface area contributed by atoms with Crippen molar-refractivity contribution in [3.8, 4) is 5.75 Å². The molecule has 0 radical (unpaired) electrons. The maximum absolute atomic E-state index is 13.3. The van der Waals surface area contributed by atoms with Gasteiger partial charge in [0.2, 0.25) is 5.91 Å². The van der Waals surface area contributed by atoms with E-state index < -0.39 is 0 Å². The van der Waals surface area contributed by atoms with Crippen molar-refractivity contribution in [3.63, 3.8) is 0 Å². The standard InChI is InChI=1S/C25H24ClN3O2S2/c1-17-8-13-21(26)24-23(17)28-25(33-24)29(16-18-6-3-4-14-27-18)22(30)7-5-15-32-20-11-9-19(31-2)10-12-20/h3-4,6,8-14H,5,7,15-16H2,1-2H3. The largest absolute Gasteiger partial charge is 0.497 e. The number of carbonyl (C=O) groups excluding carboxylic acids is 1. The van der Waals surface area contributed by atoms with Gasteiger partial charge in [0.1, 0.15) is 5.75 Å². The Morgan fingerprint density at radius 2 is 1.97 bits per heavy atom. The van der Waals surface area contributed by atoms with Gasteiger partial charge in [0, 0.05) is 17.5 Å². The van der Waals surface area contributed by atoms with Gasteiger partial charge in [-0.2, -0.15) is 0 Å². The normalized spacial score (nSPS) is 11.0. The van der Waals surface area contributed by atoms with Gasteiger partial charge >= 0.3 is 0 Å². The van der Waals surface area contributed by atoms with Crippen LogP contribution in [0.3, 0.4) is 0 Å². The molecule has 1 amide bonds. The number of hydrogen-bond acceptors (Lipinski definition) is 6. The first-order chi connectivity index (χ1) is 16.0. The van der Waals surface area contributed by atoms with Gasteiger partial charge in [-0.05, 0) is 67.1 Å². The summed E-state index contributed by atoms with van der Waals surface area (Å²) in [5, 5.41) is 1.31. The van der Waals surface area contributed by atoms with Crippen molar-refractivity contribution in [3.05, 3.63) is 77.1 Å². The van der Waals surface area contributed by atoms with E-state index in [1.165, 1.54) is 11.3 Å². The predicted molar refractivity (Wildman–Crippen MR) is 138 cm³/mol. The average molecular weight is 498 g/mol. The van der Waals surface area contributed by atoms with E-state index in [0.717, 1.165) is 44.3 Å². The molecule has 0 saturated carbocycles. The number of benzene rings is 2. The van der Waals surface area contributed by atoms with Crippen LogP contribution >= 0.6 is 34.7 Å². The summed E-state index contributed by atoms with van der Waals surface area (Å²) in [6.45, 7) is 2.38. The molecule has 0 aliphatic carbocycles. The van der Waals surface area contributed by atoms with E-state index in [1.807, 2.05) is 61.5 Å². The van der Waals surface area contributed by atoms with Gasteiger partial charge < -0.3 is 4.74 Å². The van der Waals surface area contributed by atoms with Crippen LogP contribution in [0.1, 0.15) is 24.1 Å². The van der Waals surface area contributed by atoms with Crippen LogP contribution in [0.5, 0.6) is 5.75 Å². The molecule has 4 aromatic rings. The molecule has 170 valence electrons. The molecule has 8 heteroatoms. The molecule has 4 rings (SSSR count). The van der Waals surface area contributed by atoms with Gasteiger partial charge in [-0.1, -0.05) is 35.1 Å². The highest BCUT2D eigenvalue weighted by atomic mass is 35.5. The lowest BCUT2D eigenvalue weighted by Crippen LogP contribution is -2.30. The van der Waals surface area contributed by atoms with Crippen molar-refractivity contribution in [2.24, 2.45) is 0 Å². The summed E-state index contributed by atoms with van der Waals surface area (Å²) in [6, 6.07) is 17.5. The fraction of sp³-hybridized carbons (Fsp3) is 0.240. The zero-order valence-electron chi connectivity index (χ0n) is 18.5. The molecule has 2 heterocycles. The molecule has 0 spiro atoms. The van der Waals surface area contributed by atoms with Gasteiger partial charge in [0.05, 0.1) is 34.6 Å². The number of fused-ring (bicyclic) bond motifs is 1. The topological polar surface area (TPSA) is 55.3 Å². The van der Waals surface area contributed by atoms with E-state index in [4.69, 9.17) is 21.3 Å². The minimum absolute atomic E-state index is 0.0313. The Morgan fingerprint density at radius 1 is 1.15 bits per heavy atom. The first-order valence-electron chi connectivity index (χ1n) is 10.6. The second-order valence-corrected chi connectivity index (χ2v) is 10.0. The molecule has 0 N–H and O–H groups in total. The molecule has 0 unspecified atom stereocenters. The van der Waals surface area contributed by atoms with Crippen molar-refractivity contribution in [2.75, 3.05) is 17.8 Å². The molecule has 0 fully saturated rings. The Bertz CT molecular complexity index is 1190. The number of anilines is 1. The summed E-state index contributed by atoms with van der Waals surface area (Å²) < 4.78 is 6.11. The number of thioether (sulfide) groups is 1. The number of aryl methyl sites for hydroxylation is 1. The lowest BCUT2D eigenvalue weighted by molar-refractivity contribution is -0.118. The third kappa shape index (κ3) is 5.85. The number of methoxy groups -OCH3 is 1. The molecular formula is C25H24ClN3O2S2. The molecule has 0 bridgehead atoms. The van der Waals surface area contributed by atoms with E-state index in [-0.39, 0.29) is 5.91 Å². The molecule has 0 aliphatic rings. The zero-order valence-corrected chi connectivity index (χ0v) is 20.8. The van der Waals surface area contributed by atoms with Gasteiger partial charge in [-0.25, -0.2) is 4.98 Å². The fourth-order valence-corrected chi connectivity index (χ4v) is 5.53. The third-order valence-electron chi connectivity index (χ3n) is 5.13. The van der Waals surface area contributed by atoms with Crippen LogP contribution in [0.25, 0.3) is 10.2 Å². The number of nitrogens with zero attached hydrogens (tertiary/aromatic N) is 3. The maximum atomic E-state index is 13.3. The molecule has 33 heavy (non-hydrogen) atoms. The molecular weight excluding hydrogens is 474 g/mol. The Morgan fingerprint density at radius 3 is 2.67 bits per heavy atom. The number of halogens is 1. The number of ether oxygens (including phenoxy) is 1. The number of pyridine rings is 1. The van der Waals surface area contributed by atoms with Crippen LogP contribution < -0.4 is 9.64 Å². The highest BCUT2D eigenvalue weighted by molar-refractivity contribution is 7.99. The van der Waals surface area contributed by atoms with Crippen molar-refractivity contribution in [1.29, 1.82) is 0 Å². The summed E-state index contributed by atoms with van der Waals surface area (Å²) in [5.74, 6) is 1.72. The van der Waals surface area contributed by atoms with Crippen molar-refractivity contribution in [2.45, 2.75) is 31.2 Å². The molecule has 5 nitrogen and oxygen atoms in total. The molecule has 0 aliphatic heterocycles. The smallest absolute Gasteiger partial charge is 0.229 e.